The standard InChI is InChI=1S/C16H18BrN3O2S/c1-18-16(20-8-13-7-12(17)9-23-13)19-5-4-11-2-3-14-15(6-11)22-10-21-14/h2-3,6-7,9H,4-5,8,10H2,1H3,(H2,18,19,20). The minimum absolute atomic E-state index is 0.312. The molecule has 2 heterocycles. The molecule has 0 atom stereocenters. The smallest absolute Gasteiger partial charge is 0.231 e. The molecule has 2 aromatic rings. The Morgan fingerprint density at radius 2 is 2.13 bits per heavy atom. The zero-order valence-corrected chi connectivity index (χ0v) is 15.2. The van der Waals surface area contributed by atoms with Gasteiger partial charge in [0.15, 0.2) is 17.5 Å². The number of hydrogen-bond acceptors (Lipinski definition) is 4. The molecule has 23 heavy (non-hydrogen) atoms. The zero-order chi connectivity index (χ0) is 16.1. The highest BCUT2D eigenvalue weighted by atomic mass is 79.9. The van der Waals surface area contributed by atoms with Crippen molar-refractivity contribution in [2.75, 3.05) is 20.4 Å². The number of benzene rings is 1. The molecule has 7 heteroatoms. The van der Waals surface area contributed by atoms with Crippen LogP contribution in [0.4, 0.5) is 0 Å². The quantitative estimate of drug-likeness (QED) is 0.602. The number of thiophene rings is 1. The molecular formula is C16H18BrN3O2S. The van der Waals surface area contributed by atoms with Crippen LogP contribution in [-0.4, -0.2) is 26.3 Å². The van der Waals surface area contributed by atoms with Crippen LogP contribution in [0, 0.1) is 0 Å². The summed E-state index contributed by atoms with van der Waals surface area (Å²) >= 11 is 5.18. The Kier molecular flexibility index (Phi) is 5.40. The molecule has 0 aliphatic carbocycles. The first-order valence-electron chi connectivity index (χ1n) is 7.30. The van der Waals surface area contributed by atoms with Crippen molar-refractivity contribution in [1.29, 1.82) is 0 Å². The van der Waals surface area contributed by atoms with Crippen LogP contribution in [0.1, 0.15) is 10.4 Å². The van der Waals surface area contributed by atoms with Crippen LogP contribution >= 0.6 is 27.3 Å². The molecule has 1 aromatic heterocycles. The first-order chi connectivity index (χ1) is 11.2. The molecule has 0 unspecified atom stereocenters. The number of nitrogens with one attached hydrogen (secondary N) is 2. The average Bonchev–Trinajstić information content (AvgIpc) is 3.18. The summed E-state index contributed by atoms with van der Waals surface area (Å²) in [6.07, 6.45) is 0.891. The third-order valence-corrected chi connectivity index (χ3v) is 5.12. The molecule has 2 N–H and O–H groups in total. The summed E-state index contributed by atoms with van der Waals surface area (Å²) in [6, 6.07) is 8.16. The van der Waals surface area contributed by atoms with E-state index in [0.29, 0.717) is 6.79 Å². The summed E-state index contributed by atoms with van der Waals surface area (Å²) in [5, 5.41) is 8.71. The Morgan fingerprint density at radius 3 is 2.91 bits per heavy atom. The van der Waals surface area contributed by atoms with E-state index >= 15 is 0 Å². The zero-order valence-electron chi connectivity index (χ0n) is 12.8. The number of halogens is 1. The van der Waals surface area contributed by atoms with Gasteiger partial charge in [-0.05, 0) is 46.1 Å². The molecular weight excluding hydrogens is 378 g/mol. The summed E-state index contributed by atoms with van der Waals surface area (Å²) in [5.41, 5.74) is 1.21. The molecule has 5 nitrogen and oxygen atoms in total. The number of rotatable bonds is 5. The second-order valence-corrected chi connectivity index (χ2v) is 6.93. The van der Waals surface area contributed by atoms with Gasteiger partial charge < -0.3 is 20.1 Å². The maximum atomic E-state index is 5.40. The lowest BCUT2D eigenvalue weighted by Gasteiger charge is -2.11. The fraction of sp³-hybridized carbons (Fsp3) is 0.312. The molecule has 1 aliphatic rings. The number of fused-ring (bicyclic) bond motifs is 1. The maximum Gasteiger partial charge on any atom is 0.231 e. The van der Waals surface area contributed by atoms with Gasteiger partial charge in [0.05, 0.1) is 6.54 Å². The van der Waals surface area contributed by atoms with Crippen LogP contribution < -0.4 is 20.1 Å². The van der Waals surface area contributed by atoms with E-state index in [0.717, 1.165) is 41.4 Å². The Balaban J connectivity index is 1.45. The monoisotopic (exact) mass is 395 g/mol. The minimum Gasteiger partial charge on any atom is -0.454 e. The van der Waals surface area contributed by atoms with Crippen molar-refractivity contribution in [3.63, 3.8) is 0 Å². The maximum absolute atomic E-state index is 5.40. The highest BCUT2D eigenvalue weighted by Gasteiger charge is 2.12. The molecule has 0 saturated carbocycles. The third-order valence-electron chi connectivity index (χ3n) is 3.42. The first-order valence-corrected chi connectivity index (χ1v) is 8.98. The number of hydrogen-bond donors (Lipinski definition) is 2. The predicted molar refractivity (Wildman–Crippen MR) is 96.5 cm³/mol. The van der Waals surface area contributed by atoms with E-state index < -0.39 is 0 Å². The van der Waals surface area contributed by atoms with Gasteiger partial charge in [0.1, 0.15) is 0 Å². The van der Waals surface area contributed by atoms with E-state index in [2.05, 4.69) is 49.1 Å². The number of ether oxygens (including phenoxy) is 2. The highest BCUT2D eigenvalue weighted by Crippen LogP contribution is 2.32. The SMILES string of the molecule is CN=C(NCCc1ccc2c(c1)OCO2)NCc1cc(Br)cs1. The van der Waals surface area contributed by atoms with Gasteiger partial charge in [0.25, 0.3) is 0 Å². The fourth-order valence-corrected chi connectivity index (χ4v) is 3.65. The Hall–Kier alpha value is -1.73. The van der Waals surface area contributed by atoms with Gasteiger partial charge in [-0.3, -0.25) is 4.99 Å². The lowest BCUT2D eigenvalue weighted by Crippen LogP contribution is -2.37. The summed E-state index contributed by atoms with van der Waals surface area (Å²) in [6.45, 7) is 1.87. The summed E-state index contributed by atoms with van der Waals surface area (Å²) in [7, 11) is 1.78. The second-order valence-electron chi connectivity index (χ2n) is 5.02. The highest BCUT2D eigenvalue weighted by molar-refractivity contribution is 9.10. The topological polar surface area (TPSA) is 54.9 Å². The summed E-state index contributed by atoms with van der Waals surface area (Å²) in [5.74, 6) is 2.45. The lowest BCUT2D eigenvalue weighted by molar-refractivity contribution is 0.174. The average molecular weight is 396 g/mol. The van der Waals surface area contributed by atoms with Crippen molar-refractivity contribution >= 4 is 33.2 Å². The summed E-state index contributed by atoms with van der Waals surface area (Å²) < 4.78 is 11.8. The molecule has 122 valence electrons. The van der Waals surface area contributed by atoms with Gasteiger partial charge in [0.2, 0.25) is 6.79 Å². The van der Waals surface area contributed by atoms with E-state index in [1.807, 2.05) is 12.1 Å². The van der Waals surface area contributed by atoms with Crippen molar-refractivity contribution in [1.82, 2.24) is 10.6 Å². The second kappa shape index (κ2) is 7.70. The molecule has 1 aromatic carbocycles. The van der Waals surface area contributed by atoms with Crippen LogP contribution in [0.5, 0.6) is 11.5 Å². The van der Waals surface area contributed by atoms with E-state index in [-0.39, 0.29) is 0 Å². The van der Waals surface area contributed by atoms with E-state index in [1.165, 1.54) is 10.4 Å². The van der Waals surface area contributed by atoms with Crippen molar-refractivity contribution in [3.8, 4) is 11.5 Å². The fourth-order valence-electron chi connectivity index (χ4n) is 2.26. The van der Waals surface area contributed by atoms with Gasteiger partial charge in [0, 0.05) is 28.3 Å². The van der Waals surface area contributed by atoms with E-state index in [1.54, 1.807) is 18.4 Å². The van der Waals surface area contributed by atoms with Gasteiger partial charge in [-0.15, -0.1) is 11.3 Å². The van der Waals surface area contributed by atoms with Crippen LogP contribution in [0.15, 0.2) is 39.1 Å². The van der Waals surface area contributed by atoms with E-state index in [4.69, 9.17) is 9.47 Å². The molecule has 0 bridgehead atoms. The minimum atomic E-state index is 0.312. The third kappa shape index (κ3) is 4.39. The van der Waals surface area contributed by atoms with Crippen LogP contribution in [0.3, 0.4) is 0 Å². The molecule has 0 amide bonds. The van der Waals surface area contributed by atoms with E-state index in [9.17, 15) is 0 Å². The summed E-state index contributed by atoms with van der Waals surface area (Å²) in [4.78, 5) is 5.50. The predicted octanol–water partition coefficient (Wildman–Crippen LogP) is 3.15. The van der Waals surface area contributed by atoms with Crippen LogP contribution in [0.25, 0.3) is 0 Å². The number of guanidine groups is 1. The molecule has 0 spiro atoms. The Bertz CT molecular complexity index is 702. The number of nitrogens with zero attached hydrogens (tertiary/aromatic N) is 1. The van der Waals surface area contributed by atoms with Crippen molar-refractivity contribution in [2.24, 2.45) is 4.99 Å². The first kappa shape index (κ1) is 16.1. The van der Waals surface area contributed by atoms with Crippen LogP contribution in [0.2, 0.25) is 0 Å². The van der Waals surface area contributed by atoms with Crippen molar-refractivity contribution in [3.05, 3.63) is 44.6 Å². The van der Waals surface area contributed by atoms with Crippen LogP contribution in [-0.2, 0) is 13.0 Å². The van der Waals surface area contributed by atoms with Gasteiger partial charge in [-0.2, -0.15) is 0 Å². The largest absolute Gasteiger partial charge is 0.454 e. The normalized spacial score (nSPS) is 13.2. The van der Waals surface area contributed by atoms with Gasteiger partial charge >= 0.3 is 0 Å². The van der Waals surface area contributed by atoms with Gasteiger partial charge in [-0.25, -0.2) is 0 Å². The molecule has 0 radical (unpaired) electrons. The lowest BCUT2D eigenvalue weighted by atomic mass is 10.1. The van der Waals surface area contributed by atoms with Crippen molar-refractivity contribution < 1.29 is 9.47 Å². The Labute approximate surface area is 147 Å². The number of aliphatic imine (C=N–C) groups is 1. The molecule has 0 saturated heterocycles. The molecule has 0 fully saturated rings. The Morgan fingerprint density at radius 1 is 1.26 bits per heavy atom. The van der Waals surface area contributed by atoms with Crippen molar-refractivity contribution in [2.45, 2.75) is 13.0 Å². The van der Waals surface area contributed by atoms with Gasteiger partial charge in [-0.1, -0.05) is 6.07 Å². The molecule has 1 aliphatic heterocycles. The molecule has 3 rings (SSSR count).